The van der Waals surface area contributed by atoms with E-state index in [1.807, 2.05) is 0 Å². The van der Waals surface area contributed by atoms with E-state index in [1.165, 1.54) is 6.92 Å². The van der Waals surface area contributed by atoms with Gasteiger partial charge in [0, 0.05) is 38.4 Å². The van der Waals surface area contributed by atoms with Gasteiger partial charge in [0.05, 0.1) is 0 Å². The molecule has 0 amide bonds. The molecule has 14 heteroatoms. The second kappa shape index (κ2) is 12.6. The van der Waals surface area contributed by atoms with Crippen LogP contribution in [0.4, 0.5) is 5.82 Å². The van der Waals surface area contributed by atoms with E-state index in [1.54, 1.807) is 18.3 Å². The number of thiocarbonyl (C=S) groups is 1. The summed E-state index contributed by atoms with van der Waals surface area (Å²) < 4.78 is 27.7. The first-order valence-corrected chi connectivity index (χ1v) is 11.2. The summed E-state index contributed by atoms with van der Waals surface area (Å²) in [7, 11) is 0. The van der Waals surface area contributed by atoms with Crippen molar-refractivity contribution in [1.82, 2.24) is 10.3 Å². The molecule has 1 fully saturated rings. The summed E-state index contributed by atoms with van der Waals surface area (Å²) in [5.74, 6) is -2.37. The number of anilines is 1. The third kappa shape index (κ3) is 8.50. The summed E-state index contributed by atoms with van der Waals surface area (Å²) in [6.45, 7) is 4.28. The monoisotopic (exact) mass is 561 g/mol. The molecule has 12 nitrogen and oxygen atoms in total. The fourth-order valence-electron chi connectivity index (χ4n) is 3.08. The maximum atomic E-state index is 11.8. The van der Waals surface area contributed by atoms with Gasteiger partial charge in [-0.1, -0.05) is 0 Å². The molecule has 0 aliphatic carbocycles. The first kappa shape index (κ1) is 27.4. The Morgan fingerprint density at radius 2 is 1.56 bits per heavy atom. The minimum absolute atomic E-state index is 0.0377. The summed E-state index contributed by atoms with van der Waals surface area (Å²) >= 11 is 8.60. The molecule has 1 aromatic rings. The van der Waals surface area contributed by atoms with Crippen LogP contribution in [0.25, 0.3) is 0 Å². The molecular formula is C20H24BrN3O9S. The number of hydrogen-bond acceptors (Lipinski definition) is 11. The minimum atomic E-state index is -1.30. The molecule has 1 aliphatic rings. The summed E-state index contributed by atoms with van der Waals surface area (Å²) in [6, 6.07) is 3.40. The van der Waals surface area contributed by atoms with Gasteiger partial charge in [-0.3, -0.25) is 19.2 Å². The number of halogens is 1. The van der Waals surface area contributed by atoms with Crippen LogP contribution in [-0.4, -0.2) is 71.2 Å². The largest absolute Gasteiger partial charge is 0.463 e. The molecule has 0 unspecified atom stereocenters. The predicted octanol–water partition coefficient (Wildman–Crippen LogP) is 1.21. The van der Waals surface area contributed by atoms with Crippen LogP contribution in [0.3, 0.4) is 0 Å². The molecule has 1 aliphatic heterocycles. The number of nitrogens with zero attached hydrogens (tertiary/aromatic N) is 1. The van der Waals surface area contributed by atoms with Crippen LogP contribution in [0, 0.1) is 0 Å². The summed E-state index contributed by atoms with van der Waals surface area (Å²) in [6.07, 6.45) is -4.55. The third-order valence-electron chi connectivity index (χ3n) is 4.23. The molecule has 1 aromatic heterocycles. The van der Waals surface area contributed by atoms with E-state index in [2.05, 4.69) is 31.5 Å². The molecular weight excluding hydrogens is 538 g/mol. The number of pyridine rings is 1. The molecule has 5 atom stereocenters. The number of carbonyl (C=O) groups is 4. The van der Waals surface area contributed by atoms with Crippen molar-refractivity contribution < 1.29 is 42.9 Å². The van der Waals surface area contributed by atoms with Gasteiger partial charge in [-0.25, -0.2) is 4.98 Å². The second-order valence-corrected chi connectivity index (χ2v) is 8.40. The van der Waals surface area contributed by atoms with E-state index in [4.69, 9.17) is 35.9 Å². The Balaban J connectivity index is 2.35. The van der Waals surface area contributed by atoms with E-state index in [0.717, 1.165) is 25.2 Å². The Kier molecular flexibility index (Phi) is 10.1. The Bertz CT molecular complexity index is 930. The first-order valence-electron chi connectivity index (χ1n) is 9.95. The molecule has 186 valence electrons. The molecule has 1 saturated heterocycles. The van der Waals surface area contributed by atoms with Crippen LogP contribution >= 0.6 is 28.1 Å². The molecule has 2 N–H and O–H groups in total. The Morgan fingerprint density at radius 3 is 2.09 bits per heavy atom. The quantitative estimate of drug-likeness (QED) is 0.279. The standard InChI is InChI=1S/C20H24BrN3O9S/c1-9(25)29-8-14-16(30-10(2)26)17(31-11(3)27)18(32-12(4)28)19(33-14)24-20(34)23-15-6-5-13(21)7-22-15/h5-7,14,16-19H,8H2,1-4H3,(H2,22,23,24,34)/t14-,16-,17+,18+,19-/m1/s1. The number of nitrogens with one attached hydrogen (secondary N) is 2. The number of esters is 4. The average Bonchev–Trinajstić information content (AvgIpc) is 2.71. The fourth-order valence-corrected chi connectivity index (χ4v) is 3.53. The Labute approximate surface area is 209 Å². The van der Waals surface area contributed by atoms with Gasteiger partial charge in [-0.15, -0.1) is 0 Å². The lowest BCUT2D eigenvalue weighted by Crippen LogP contribution is -2.66. The van der Waals surface area contributed by atoms with Gasteiger partial charge < -0.3 is 34.3 Å². The van der Waals surface area contributed by atoms with Gasteiger partial charge in [-0.05, 0) is 40.3 Å². The van der Waals surface area contributed by atoms with Gasteiger partial charge in [0.15, 0.2) is 29.7 Å². The molecule has 2 rings (SSSR count). The first-order chi connectivity index (χ1) is 16.0. The second-order valence-electron chi connectivity index (χ2n) is 7.08. The molecule has 0 saturated carbocycles. The normalized spacial score (nSPS) is 23.7. The highest BCUT2D eigenvalue weighted by atomic mass is 79.9. The van der Waals surface area contributed by atoms with Crippen LogP contribution in [0.15, 0.2) is 22.8 Å². The zero-order valence-electron chi connectivity index (χ0n) is 18.7. The van der Waals surface area contributed by atoms with E-state index in [-0.39, 0.29) is 11.7 Å². The van der Waals surface area contributed by atoms with Gasteiger partial charge in [0.25, 0.3) is 0 Å². The highest BCUT2D eigenvalue weighted by Gasteiger charge is 2.52. The van der Waals surface area contributed by atoms with E-state index >= 15 is 0 Å². The number of carbonyl (C=O) groups excluding carboxylic acids is 4. The van der Waals surface area contributed by atoms with Crippen molar-refractivity contribution in [3.05, 3.63) is 22.8 Å². The van der Waals surface area contributed by atoms with Crippen molar-refractivity contribution in [3.8, 4) is 0 Å². The molecule has 0 aromatic carbocycles. The van der Waals surface area contributed by atoms with E-state index in [9.17, 15) is 19.2 Å². The van der Waals surface area contributed by atoms with E-state index in [0.29, 0.717) is 5.82 Å². The zero-order chi connectivity index (χ0) is 25.4. The van der Waals surface area contributed by atoms with Crippen LogP contribution < -0.4 is 10.6 Å². The predicted molar refractivity (Wildman–Crippen MR) is 123 cm³/mol. The van der Waals surface area contributed by atoms with Crippen molar-refractivity contribution in [1.29, 1.82) is 0 Å². The van der Waals surface area contributed by atoms with Crippen molar-refractivity contribution in [2.24, 2.45) is 0 Å². The van der Waals surface area contributed by atoms with Gasteiger partial charge >= 0.3 is 23.9 Å². The average molecular weight is 562 g/mol. The van der Waals surface area contributed by atoms with Crippen LogP contribution in [0.5, 0.6) is 0 Å². The molecule has 34 heavy (non-hydrogen) atoms. The fraction of sp³-hybridized carbons (Fsp3) is 0.500. The summed E-state index contributed by atoms with van der Waals surface area (Å²) in [4.78, 5) is 51.0. The molecule has 2 heterocycles. The lowest BCUT2D eigenvalue weighted by Gasteiger charge is -2.44. The zero-order valence-corrected chi connectivity index (χ0v) is 21.1. The van der Waals surface area contributed by atoms with Gasteiger partial charge in [-0.2, -0.15) is 0 Å². The van der Waals surface area contributed by atoms with Crippen LogP contribution in [-0.2, 0) is 42.9 Å². The number of ether oxygens (including phenoxy) is 5. The summed E-state index contributed by atoms with van der Waals surface area (Å²) in [5.41, 5.74) is 0. The molecule has 0 radical (unpaired) electrons. The number of rotatable bonds is 7. The lowest BCUT2D eigenvalue weighted by atomic mass is 9.97. The number of hydrogen-bond donors (Lipinski definition) is 2. The SMILES string of the molecule is CC(=O)OC[C@H]1O[C@@H](NC(=S)Nc2ccc(Br)cn2)[C@@H](OC(C)=O)[C@@H](OC(C)=O)[C@@H]1OC(C)=O. The van der Waals surface area contributed by atoms with Crippen LogP contribution in [0.2, 0.25) is 0 Å². The number of aromatic nitrogens is 1. The third-order valence-corrected chi connectivity index (χ3v) is 4.92. The van der Waals surface area contributed by atoms with Crippen molar-refractivity contribution in [2.45, 2.75) is 58.3 Å². The maximum absolute atomic E-state index is 11.8. The highest BCUT2D eigenvalue weighted by molar-refractivity contribution is 9.10. The molecule has 0 spiro atoms. The topological polar surface area (TPSA) is 151 Å². The lowest BCUT2D eigenvalue weighted by molar-refractivity contribution is -0.254. The van der Waals surface area contributed by atoms with Gasteiger partial charge in [0.1, 0.15) is 18.5 Å². The maximum Gasteiger partial charge on any atom is 0.303 e. The Morgan fingerprint density at radius 1 is 0.971 bits per heavy atom. The van der Waals surface area contributed by atoms with E-state index < -0.39 is 54.5 Å². The molecule has 0 bridgehead atoms. The van der Waals surface area contributed by atoms with Crippen molar-refractivity contribution in [3.63, 3.8) is 0 Å². The van der Waals surface area contributed by atoms with Crippen molar-refractivity contribution in [2.75, 3.05) is 11.9 Å². The highest BCUT2D eigenvalue weighted by Crippen LogP contribution is 2.28. The smallest absolute Gasteiger partial charge is 0.303 e. The minimum Gasteiger partial charge on any atom is -0.463 e. The van der Waals surface area contributed by atoms with Crippen molar-refractivity contribution >= 4 is 63.0 Å². The van der Waals surface area contributed by atoms with Crippen LogP contribution in [0.1, 0.15) is 27.7 Å². The summed E-state index contributed by atoms with van der Waals surface area (Å²) in [5, 5.41) is 5.71. The Hall–Kier alpha value is -2.84. The van der Waals surface area contributed by atoms with Gasteiger partial charge in [0.2, 0.25) is 0 Å².